The maximum atomic E-state index is 12.4. The van der Waals surface area contributed by atoms with Gasteiger partial charge in [-0.15, -0.1) is 0 Å². The Morgan fingerprint density at radius 2 is 2.11 bits per heavy atom. The van der Waals surface area contributed by atoms with Crippen LogP contribution >= 0.6 is 0 Å². The summed E-state index contributed by atoms with van der Waals surface area (Å²) in [4.78, 5) is 18.3. The third kappa shape index (κ3) is 4.06. The van der Waals surface area contributed by atoms with Crippen molar-refractivity contribution in [1.82, 2.24) is 25.0 Å². The number of aromatic nitrogens is 3. The van der Waals surface area contributed by atoms with Crippen molar-refractivity contribution >= 4 is 6.03 Å². The first-order valence-electron chi connectivity index (χ1n) is 9.01. The average Bonchev–Trinajstić information content (AvgIpc) is 3.27. The molecule has 3 aromatic rings. The molecule has 28 heavy (non-hydrogen) atoms. The molecule has 0 fully saturated rings. The molecule has 4 rings (SSSR count). The Kier molecular flexibility index (Phi) is 5.09. The Morgan fingerprint density at radius 1 is 1.25 bits per heavy atom. The Bertz CT molecular complexity index is 945. The van der Waals surface area contributed by atoms with E-state index >= 15 is 0 Å². The van der Waals surface area contributed by atoms with Crippen LogP contribution in [-0.4, -0.2) is 52.0 Å². The van der Waals surface area contributed by atoms with Crippen LogP contribution < -0.4 is 14.8 Å². The fourth-order valence-corrected chi connectivity index (χ4v) is 2.95. The third-order valence-electron chi connectivity index (χ3n) is 4.38. The summed E-state index contributed by atoms with van der Waals surface area (Å²) in [6.07, 6.45) is 5.01. The Morgan fingerprint density at radius 3 is 2.93 bits per heavy atom. The molecule has 2 aromatic heterocycles. The summed E-state index contributed by atoms with van der Waals surface area (Å²) in [5.74, 6) is 2.14. The minimum Gasteiger partial charge on any atom is -0.486 e. The molecule has 1 aromatic carbocycles. The topological polar surface area (TPSA) is 81.5 Å². The molecule has 1 atom stereocenters. The van der Waals surface area contributed by atoms with E-state index in [-0.39, 0.29) is 12.1 Å². The molecule has 0 saturated carbocycles. The van der Waals surface area contributed by atoms with E-state index in [2.05, 4.69) is 15.4 Å². The summed E-state index contributed by atoms with van der Waals surface area (Å²) in [7, 11) is 1.74. The van der Waals surface area contributed by atoms with Crippen molar-refractivity contribution in [3.8, 4) is 17.3 Å². The van der Waals surface area contributed by atoms with Crippen LogP contribution in [0.1, 0.15) is 5.56 Å². The number of pyridine rings is 1. The first-order chi connectivity index (χ1) is 13.7. The first kappa shape index (κ1) is 17.8. The van der Waals surface area contributed by atoms with Crippen LogP contribution in [0.5, 0.6) is 11.5 Å². The maximum Gasteiger partial charge on any atom is 0.317 e. The minimum absolute atomic E-state index is 0.181. The molecule has 0 bridgehead atoms. The number of carbonyl (C=O) groups excluding carboxylic acids is 1. The zero-order valence-electron chi connectivity index (χ0n) is 15.5. The molecule has 1 aliphatic rings. The second-order valence-corrected chi connectivity index (χ2v) is 6.51. The van der Waals surface area contributed by atoms with Crippen LogP contribution in [0.4, 0.5) is 4.79 Å². The number of fused-ring (bicyclic) bond motifs is 1. The second kappa shape index (κ2) is 7.99. The lowest BCUT2D eigenvalue weighted by Gasteiger charge is -2.29. The largest absolute Gasteiger partial charge is 0.486 e. The number of carbonyl (C=O) groups is 1. The molecule has 0 aliphatic carbocycles. The van der Waals surface area contributed by atoms with Crippen molar-refractivity contribution in [2.24, 2.45) is 0 Å². The molecule has 1 aliphatic heterocycles. The van der Waals surface area contributed by atoms with Crippen LogP contribution in [0.3, 0.4) is 0 Å². The lowest BCUT2D eigenvalue weighted by molar-refractivity contribution is 0.0715. The molecule has 2 amide bonds. The molecular formula is C20H21N5O3. The molecule has 1 unspecified atom stereocenters. The Hall–Kier alpha value is -3.55. The quantitative estimate of drug-likeness (QED) is 0.735. The predicted molar refractivity (Wildman–Crippen MR) is 103 cm³/mol. The van der Waals surface area contributed by atoms with Crippen molar-refractivity contribution in [3.05, 3.63) is 66.6 Å². The third-order valence-corrected chi connectivity index (χ3v) is 4.38. The lowest BCUT2D eigenvalue weighted by atomic mass is 10.2. The van der Waals surface area contributed by atoms with Gasteiger partial charge in [0.1, 0.15) is 6.61 Å². The molecule has 1 N–H and O–H groups in total. The van der Waals surface area contributed by atoms with Gasteiger partial charge in [-0.05, 0) is 35.9 Å². The van der Waals surface area contributed by atoms with Gasteiger partial charge in [-0.2, -0.15) is 5.10 Å². The zero-order valence-corrected chi connectivity index (χ0v) is 15.5. The normalized spacial score (nSPS) is 15.1. The number of likely N-dealkylation sites (N-methyl/N-ethyl adjacent to an activating group) is 1. The molecule has 8 nitrogen and oxygen atoms in total. The minimum atomic E-state index is -0.210. The van der Waals surface area contributed by atoms with Crippen LogP contribution in [0.15, 0.2) is 61.1 Å². The molecule has 8 heteroatoms. The van der Waals surface area contributed by atoms with E-state index in [1.807, 2.05) is 48.7 Å². The number of ether oxygens (including phenoxy) is 2. The van der Waals surface area contributed by atoms with E-state index < -0.39 is 0 Å². The van der Waals surface area contributed by atoms with Gasteiger partial charge in [-0.25, -0.2) is 14.5 Å². The van der Waals surface area contributed by atoms with Gasteiger partial charge in [-0.3, -0.25) is 0 Å². The van der Waals surface area contributed by atoms with Crippen molar-refractivity contribution < 1.29 is 14.3 Å². The van der Waals surface area contributed by atoms with Gasteiger partial charge >= 0.3 is 6.03 Å². The van der Waals surface area contributed by atoms with E-state index in [0.29, 0.717) is 31.3 Å². The standard InChI is InChI=1S/C20H21N5O3/c1-24(13-16-14-27-17-5-2-3-6-18(17)28-16)20(26)22-12-15-7-9-21-19(11-15)25-10-4-8-23-25/h2-11,16H,12-14H2,1H3,(H,22,26). The van der Waals surface area contributed by atoms with Crippen LogP contribution in [-0.2, 0) is 6.54 Å². The van der Waals surface area contributed by atoms with Crippen LogP contribution in [0.25, 0.3) is 5.82 Å². The SMILES string of the molecule is CN(CC1COc2ccccc2O1)C(=O)NCc1ccnc(-n2cccn2)c1. The van der Waals surface area contributed by atoms with Gasteiger partial charge in [0.05, 0.1) is 6.54 Å². The van der Waals surface area contributed by atoms with Gasteiger partial charge in [-0.1, -0.05) is 12.1 Å². The van der Waals surface area contributed by atoms with E-state index in [1.54, 1.807) is 29.0 Å². The lowest BCUT2D eigenvalue weighted by Crippen LogP contribution is -2.45. The smallest absolute Gasteiger partial charge is 0.317 e. The van der Waals surface area contributed by atoms with E-state index in [9.17, 15) is 4.79 Å². The summed E-state index contributed by atoms with van der Waals surface area (Å²) in [5.41, 5.74) is 0.938. The number of nitrogens with one attached hydrogen (secondary N) is 1. The number of benzene rings is 1. The molecule has 0 spiro atoms. The van der Waals surface area contributed by atoms with E-state index in [0.717, 1.165) is 11.3 Å². The molecule has 3 heterocycles. The predicted octanol–water partition coefficient (Wildman–Crippen LogP) is 2.25. The van der Waals surface area contributed by atoms with Gasteiger partial charge in [0.25, 0.3) is 0 Å². The zero-order chi connectivity index (χ0) is 19.3. The first-order valence-corrected chi connectivity index (χ1v) is 9.01. The summed E-state index contributed by atoms with van der Waals surface area (Å²) < 4.78 is 13.3. The van der Waals surface area contributed by atoms with Crippen molar-refractivity contribution in [3.63, 3.8) is 0 Å². The fraction of sp³-hybridized carbons (Fsp3) is 0.250. The molecule has 0 radical (unpaired) electrons. The summed E-state index contributed by atoms with van der Waals surface area (Å²) in [6, 6.07) is 12.9. The van der Waals surface area contributed by atoms with Crippen molar-refractivity contribution in [2.75, 3.05) is 20.2 Å². The summed E-state index contributed by atoms with van der Waals surface area (Å²) in [6.45, 7) is 1.23. The van der Waals surface area contributed by atoms with Gasteiger partial charge < -0.3 is 19.7 Å². The summed E-state index contributed by atoms with van der Waals surface area (Å²) in [5, 5.41) is 7.08. The highest BCUT2D eigenvalue weighted by Gasteiger charge is 2.23. The molecule has 0 saturated heterocycles. The number of hydrogen-bond acceptors (Lipinski definition) is 5. The molecule has 144 valence electrons. The van der Waals surface area contributed by atoms with Crippen molar-refractivity contribution in [2.45, 2.75) is 12.6 Å². The van der Waals surface area contributed by atoms with Gasteiger partial charge in [0.2, 0.25) is 0 Å². The number of nitrogens with zero attached hydrogens (tertiary/aromatic N) is 4. The Balaban J connectivity index is 1.30. The average molecular weight is 379 g/mol. The van der Waals surface area contributed by atoms with E-state index in [4.69, 9.17) is 9.47 Å². The second-order valence-electron chi connectivity index (χ2n) is 6.51. The highest BCUT2D eigenvalue weighted by molar-refractivity contribution is 5.73. The van der Waals surface area contributed by atoms with Crippen LogP contribution in [0, 0.1) is 0 Å². The number of rotatable bonds is 5. The Labute approximate surface area is 162 Å². The molecular weight excluding hydrogens is 358 g/mol. The fourth-order valence-electron chi connectivity index (χ4n) is 2.95. The number of para-hydroxylation sites is 2. The highest BCUT2D eigenvalue weighted by atomic mass is 16.6. The summed E-state index contributed by atoms with van der Waals surface area (Å²) >= 11 is 0. The number of amides is 2. The number of hydrogen-bond donors (Lipinski definition) is 1. The monoisotopic (exact) mass is 379 g/mol. The van der Waals surface area contributed by atoms with Gasteiger partial charge in [0.15, 0.2) is 23.4 Å². The maximum absolute atomic E-state index is 12.4. The highest BCUT2D eigenvalue weighted by Crippen LogP contribution is 2.30. The number of urea groups is 1. The van der Waals surface area contributed by atoms with Crippen LogP contribution in [0.2, 0.25) is 0 Å². The van der Waals surface area contributed by atoms with E-state index in [1.165, 1.54) is 0 Å². The van der Waals surface area contributed by atoms with Gasteiger partial charge in [0, 0.05) is 32.2 Å². The van der Waals surface area contributed by atoms with Crippen molar-refractivity contribution in [1.29, 1.82) is 0 Å².